The van der Waals surface area contributed by atoms with E-state index in [1.54, 1.807) is 7.11 Å². The van der Waals surface area contributed by atoms with Crippen molar-refractivity contribution in [2.75, 3.05) is 19.1 Å². The Labute approximate surface area is 185 Å². The average Bonchev–Trinajstić information content (AvgIpc) is 3.30. The zero-order chi connectivity index (χ0) is 20.7. The van der Waals surface area contributed by atoms with Crippen molar-refractivity contribution in [3.63, 3.8) is 0 Å². The molecule has 0 aliphatic heterocycles. The smallest absolute Gasteiger partial charge is 0.165 e. The highest BCUT2D eigenvalue weighted by molar-refractivity contribution is 5.85. The highest BCUT2D eigenvalue weighted by Gasteiger charge is 2.28. The quantitative estimate of drug-likeness (QED) is 0.515. The third kappa shape index (κ3) is 3.53. The van der Waals surface area contributed by atoms with Crippen molar-refractivity contribution in [2.45, 2.75) is 65.8 Å². The maximum absolute atomic E-state index is 5.40. The van der Waals surface area contributed by atoms with Crippen LogP contribution < -0.4 is 9.64 Å². The van der Waals surface area contributed by atoms with Crippen molar-refractivity contribution < 1.29 is 4.74 Å². The monoisotopic (exact) mass is 428 g/mol. The number of aryl methyl sites for hydroxylation is 3. The molecular formula is C24H33ClN4O. The number of methoxy groups -OCH3 is 1. The lowest BCUT2D eigenvalue weighted by atomic mass is 10.0. The molecule has 0 bridgehead atoms. The minimum absolute atomic E-state index is 0. The van der Waals surface area contributed by atoms with Gasteiger partial charge in [0, 0.05) is 29.9 Å². The molecule has 0 saturated heterocycles. The van der Waals surface area contributed by atoms with Crippen LogP contribution in [0.1, 0.15) is 55.6 Å². The van der Waals surface area contributed by atoms with Crippen molar-refractivity contribution in [1.82, 2.24) is 14.6 Å². The molecule has 2 heterocycles. The summed E-state index contributed by atoms with van der Waals surface area (Å²) < 4.78 is 7.51. The standard InChI is InChI=1S/C24H32N4O.ClH/c1-7-17(8-2)27(5)24-20-10-9-11-21(20)25-23-22(16(4)26-28(23)24)19-13-12-18(29-6)14-15(19)3;/h12-14,17H,7-11H2,1-6H3;1H. The first-order valence-corrected chi connectivity index (χ1v) is 10.8. The van der Waals surface area contributed by atoms with Crippen LogP contribution in [0.25, 0.3) is 16.8 Å². The van der Waals surface area contributed by atoms with Crippen LogP contribution in [-0.2, 0) is 12.8 Å². The normalized spacial score (nSPS) is 12.9. The van der Waals surface area contributed by atoms with Crippen LogP contribution >= 0.6 is 12.4 Å². The fraction of sp³-hybridized carbons (Fsp3) is 0.500. The summed E-state index contributed by atoms with van der Waals surface area (Å²) in [5.41, 5.74) is 8.13. The predicted octanol–water partition coefficient (Wildman–Crippen LogP) is 5.56. The van der Waals surface area contributed by atoms with Gasteiger partial charge in [0.2, 0.25) is 0 Å². The fourth-order valence-electron chi connectivity index (χ4n) is 4.84. The number of halogens is 1. The number of hydrogen-bond donors (Lipinski definition) is 0. The fourth-order valence-corrected chi connectivity index (χ4v) is 4.84. The van der Waals surface area contributed by atoms with Crippen molar-refractivity contribution in [3.8, 4) is 16.9 Å². The van der Waals surface area contributed by atoms with Gasteiger partial charge in [-0.1, -0.05) is 19.9 Å². The highest BCUT2D eigenvalue weighted by Crippen LogP contribution is 2.38. The zero-order valence-electron chi connectivity index (χ0n) is 19.0. The number of ether oxygens (including phenoxy) is 1. The summed E-state index contributed by atoms with van der Waals surface area (Å²) in [6, 6.07) is 6.75. The molecule has 2 aromatic heterocycles. The van der Waals surface area contributed by atoms with Crippen molar-refractivity contribution >= 4 is 23.9 Å². The number of nitrogens with zero attached hydrogens (tertiary/aromatic N) is 4. The lowest BCUT2D eigenvalue weighted by Crippen LogP contribution is -2.33. The molecule has 3 aromatic rings. The van der Waals surface area contributed by atoms with Crippen molar-refractivity contribution in [3.05, 3.63) is 40.7 Å². The summed E-state index contributed by atoms with van der Waals surface area (Å²) in [4.78, 5) is 7.57. The number of fused-ring (bicyclic) bond motifs is 2. The van der Waals surface area contributed by atoms with E-state index in [2.05, 4.69) is 56.3 Å². The van der Waals surface area contributed by atoms with Gasteiger partial charge in [0.25, 0.3) is 0 Å². The van der Waals surface area contributed by atoms with Crippen molar-refractivity contribution in [2.24, 2.45) is 0 Å². The van der Waals surface area contributed by atoms with E-state index in [0.29, 0.717) is 6.04 Å². The summed E-state index contributed by atoms with van der Waals surface area (Å²) in [7, 11) is 3.93. The van der Waals surface area contributed by atoms with Gasteiger partial charge in [-0.05, 0) is 69.2 Å². The largest absolute Gasteiger partial charge is 0.497 e. The lowest BCUT2D eigenvalue weighted by Gasteiger charge is -2.30. The van der Waals surface area contributed by atoms with Crippen LogP contribution in [0.15, 0.2) is 18.2 Å². The number of anilines is 1. The molecule has 0 saturated carbocycles. The molecule has 0 radical (unpaired) electrons. The van der Waals surface area contributed by atoms with E-state index in [0.717, 1.165) is 48.3 Å². The van der Waals surface area contributed by atoms with Gasteiger partial charge in [0.05, 0.1) is 12.8 Å². The van der Waals surface area contributed by atoms with Crippen molar-refractivity contribution in [1.29, 1.82) is 0 Å². The Morgan fingerprint density at radius 3 is 2.53 bits per heavy atom. The molecule has 6 heteroatoms. The van der Waals surface area contributed by atoms with Gasteiger partial charge in [-0.15, -0.1) is 12.4 Å². The molecule has 0 amide bonds. The van der Waals surface area contributed by atoms with Gasteiger partial charge in [-0.3, -0.25) is 0 Å². The highest BCUT2D eigenvalue weighted by atomic mass is 35.5. The molecule has 5 nitrogen and oxygen atoms in total. The Morgan fingerprint density at radius 2 is 1.90 bits per heavy atom. The van der Waals surface area contributed by atoms with Gasteiger partial charge in [-0.25, -0.2) is 4.98 Å². The molecule has 1 aliphatic rings. The lowest BCUT2D eigenvalue weighted by molar-refractivity contribution is 0.414. The van der Waals surface area contributed by atoms with Gasteiger partial charge in [-0.2, -0.15) is 9.61 Å². The summed E-state index contributed by atoms with van der Waals surface area (Å²) in [5.74, 6) is 2.11. The van der Waals surface area contributed by atoms with Crippen LogP contribution in [-0.4, -0.2) is 34.8 Å². The van der Waals surface area contributed by atoms with Crippen LogP contribution in [0.5, 0.6) is 5.75 Å². The first-order valence-electron chi connectivity index (χ1n) is 10.8. The first-order chi connectivity index (χ1) is 14.0. The molecule has 1 aromatic carbocycles. The number of hydrogen-bond acceptors (Lipinski definition) is 4. The molecule has 0 fully saturated rings. The molecular weight excluding hydrogens is 396 g/mol. The predicted molar refractivity (Wildman–Crippen MR) is 126 cm³/mol. The average molecular weight is 429 g/mol. The van der Waals surface area contributed by atoms with E-state index in [4.69, 9.17) is 14.8 Å². The van der Waals surface area contributed by atoms with E-state index in [9.17, 15) is 0 Å². The van der Waals surface area contributed by atoms with Gasteiger partial charge >= 0.3 is 0 Å². The van der Waals surface area contributed by atoms with Crippen LogP contribution in [0.2, 0.25) is 0 Å². The number of benzene rings is 1. The molecule has 0 unspecified atom stereocenters. The zero-order valence-corrected chi connectivity index (χ0v) is 19.8. The first kappa shape index (κ1) is 22.4. The second-order valence-corrected chi connectivity index (χ2v) is 8.17. The van der Waals surface area contributed by atoms with Gasteiger partial charge in [0.15, 0.2) is 5.65 Å². The summed E-state index contributed by atoms with van der Waals surface area (Å²) in [6.45, 7) is 8.76. The van der Waals surface area contributed by atoms with Crippen LogP contribution in [0, 0.1) is 13.8 Å². The minimum atomic E-state index is 0. The second-order valence-electron chi connectivity index (χ2n) is 8.17. The Hall–Kier alpha value is -2.27. The summed E-state index contributed by atoms with van der Waals surface area (Å²) >= 11 is 0. The SMILES string of the molecule is CCC(CC)N(C)c1c2c(nc3c(-c4ccc(OC)cc4C)c(C)nn13)CCC2.Cl. The van der Waals surface area contributed by atoms with E-state index >= 15 is 0 Å². The van der Waals surface area contributed by atoms with Crippen LogP contribution in [0.3, 0.4) is 0 Å². The van der Waals surface area contributed by atoms with E-state index in [-0.39, 0.29) is 12.4 Å². The molecule has 1 aliphatic carbocycles. The Balaban J connectivity index is 0.00000256. The Bertz CT molecular complexity index is 1060. The molecule has 162 valence electrons. The summed E-state index contributed by atoms with van der Waals surface area (Å²) in [6.07, 6.45) is 5.57. The molecule has 4 rings (SSSR count). The minimum Gasteiger partial charge on any atom is -0.497 e. The molecule has 30 heavy (non-hydrogen) atoms. The van der Waals surface area contributed by atoms with Gasteiger partial charge in [0.1, 0.15) is 11.6 Å². The second kappa shape index (κ2) is 8.84. The maximum Gasteiger partial charge on any atom is 0.165 e. The van der Waals surface area contributed by atoms with E-state index in [1.807, 2.05) is 6.07 Å². The number of aromatic nitrogens is 3. The van der Waals surface area contributed by atoms with Gasteiger partial charge < -0.3 is 9.64 Å². The Kier molecular flexibility index (Phi) is 6.61. The molecule has 0 N–H and O–H groups in total. The van der Waals surface area contributed by atoms with E-state index < -0.39 is 0 Å². The molecule has 0 spiro atoms. The maximum atomic E-state index is 5.40. The topological polar surface area (TPSA) is 42.7 Å². The summed E-state index contributed by atoms with van der Waals surface area (Å²) in [5, 5.41) is 5.00. The molecule has 0 atom stereocenters. The third-order valence-electron chi connectivity index (χ3n) is 6.46. The van der Waals surface area contributed by atoms with E-state index in [1.165, 1.54) is 34.6 Å². The third-order valence-corrected chi connectivity index (χ3v) is 6.46. The Morgan fingerprint density at radius 1 is 1.17 bits per heavy atom. The number of rotatable bonds is 6. The van der Waals surface area contributed by atoms with Crippen LogP contribution in [0.4, 0.5) is 5.82 Å².